The number of benzene rings is 1. The van der Waals surface area contributed by atoms with Gasteiger partial charge in [-0.2, -0.15) is 0 Å². The van der Waals surface area contributed by atoms with Gasteiger partial charge in [-0.25, -0.2) is 0 Å². The highest BCUT2D eigenvalue weighted by Crippen LogP contribution is 2.29. The van der Waals surface area contributed by atoms with Gasteiger partial charge in [-0.15, -0.1) is 0 Å². The van der Waals surface area contributed by atoms with E-state index in [4.69, 9.17) is 12.2 Å². The fraction of sp³-hybridized carbons (Fsp3) is 0.579. The van der Waals surface area contributed by atoms with Gasteiger partial charge in [-0.05, 0) is 61.0 Å². The van der Waals surface area contributed by atoms with Gasteiger partial charge in [0.25, 0.3) is 0 Å². The molecule has 1 saturated carbocycles. The molecule has 0 radical (unpaired) electrons. The summed E-state index contributed by atoms with van der Waals surface area (Å²) in [5.41, 5.74) is 8.96. The van der Waals surface area contributed by atoms with Gasteiger partial charge in [0, 0.05) is 6.04 Å². The Bertz CT molecular complexity index is 602. The molecular weight excluding hydrogens is 318 g/mol. The summed E-state index contributed by atoms with van der Waals surface area (Å²) in [4.78, 5) is 12.1. The fourth-order valence-corrected chi connectivity index (χ4v) is 3.46. The van der Waals surface area contributed by atoms with Crippen molar-refractivity contribution in [1.82, 2.24) is 16.2 Å². The number of nitrogens with one attached hydrogen (secondary N) is 3. The van der Waals surface area contributed by atoms with Crippen molar-refractivity contribution in [3.8, 4) is 0 Å². The Kier molecular flexibility index (Phi) is 6.60. The van der Waals surface area contributed by atoms with E-state index in [0.29, 0.717) is 29.4 Å². The average molecular weight is 348 g/mol. The predicted molar refractivity (Wildman–Crippen MR) is 103 cm³/mol. The van der Waals surface area contributed by atoms with Crippen molar-refractivity contribution in [2.24, 2.45) is 11.8 Å². The molecule has 1 fully saturated rings. The second-order valence-corrected chi connectivity index (χ2v) is 7.52. The van der Waals surface area contributed by atoms with E-state index in [1.165, 1.54) is 24.0 Å². The Hall–Kier alpha value is -1.62. The normalized spacial score (nSPS) is 23.4. The van der Waals surface area contributed by atoms with E-state index in [2.05, 4.69) is 49.9 Å². The lowest BCUT2D eigenvalue weighted by atomic mass is 9.78. The largest absolute Gasteiger partial charge is 0.358 e. The van der Waals surface area contributed by atoms with E-state index in [9.17, 15) is 4.79 Å². The van der Waals surface area contributed by atoms with Crippen LogP contribution in [0.2, 0.25) is 0 Å². The number of amides is 1. The molecule has 0 unspecified atom stereocenters. The standard InChI is InChI=1S/C19H29N3OS/c1-12-8-9-16(10-14(12)3)11-18(23)21-22-19(24)20-17-7-5-6-13(2)15(17)4/h8-10,13,15,17H,5-7,11H2,1-4H3,(H,21,23)(H2,20,22,24)/t13-,15-,17-/m0/s1. The van der Waals surface area contributed by atoms with E-state index in [1.807, 2.05) is 12.1 Å². The predicted octanol–water partition coefficient (Wildman–Crippen LogP) is 3.17. The first-order valence-electron chi connectivity index (χ1n) is 8.78. The van der Waals surface area contributed by atoms with Crippen molar-refractivity contribution in [2.45, 2.75) is 59.4 Å². The Labute approximate surface area is 150 Å². The van der Waals surface area contributed by atoms with Gasteiger partial charge in [0.1, 0.15) is 0 Å². The smallest absolute Gasteiger partial charge is 0.242 e. The van der Waals surface area contributed by atoms with E-state index >= 15 is 0 Å². The van der Waals surface area contributed by atoms with Gasteiger partial charge < -0.3 is 5.32 Å². The minimum absolute atomic E-state index is 0.0903. The van der Waals surface area contributed by atoms with Gasteiger partial charge in [-0.1, -0.05) is 44.9 Å². The third kappa shape index (κ3) is 5.20. The zero-order chi connectivity index (χ0) is 17.7. The molecular formula is C19H29N3OS. The number of thiocarbonyl (C=S) groups is 1. The summed E-state index contributed by atoms with van der Waals surface area (Å²) in [7, 11) is 0. The molecule has 0 saturated heterocycles. The lowest BCUT2D eigenvalue weighted by Crippen LogP contribution is -2.52. The summed E-state index contributed by atoms with van der Waals surface area (Å²) < 4.78 is 0. The van der Waals surface area contributed by atoms with Crippen molar-refractivity contribution in [1.29, 1.82) is 0 Å². The van der Waals surface area contributed by atoms with Crippen LogP contribution < -0.4 is 16.2 Å². The maximum Gasteiger partial charge on any atom is 0.242 e. The number of hydrogen-bond donors (Lipinski definition) is 3. The molecule has 0 aliphatic heterocycles. The number of carbonyl (C=O) groups is 1. The lowest BCUT2D eigenvalue weighted by Gasteiger charge is -2.35. The van der Waals surface area contributed by atoms with Crippen LogP contribution in [0.25, 0.3) is 0 Å². The zero-order valence-electron chi connectivity index (χ0n) is 15.1. The number of aryl methyl sites for hydroxylation is 2. The van der Waals surface area contributed by atoms with E-state index in [-0.39, 0.29) is 5.91 Å². The molecule has 1 aliphatic carbocycles. The number of hydrogen-bond acceptors (Lipinski definition) is 2. The molecule has 1 aromatic carbocycles. The second-order valence-electron chi connectivity index (χ2n) is 7.12. The molecule has 3 atom stereocenters. The third-order valence-corrected chi connectivity index (χ3v) is 5.49. The lowest BCUT2D eigenvalue weighted by molar-refractivity contribution is -0.121. The molecule has 4 nitrogen and oxygen atoms in total. The average Bonchev–Trinajstić information content (AvgIpc) is 2.53. The first kappa shape index (κ1) is 18.7. The summed E-state index contributed by atoms with van der Waals surface area (Å²) in [6.07, 6.45) is 3.98. The topological polar surface area (TPSA) is 53.2 Å². The zero-order valence-corrected chi connectivity index (χ0v) is 15.9. The van der Waals surface area contributed by atoms with Crippen molar-refractivity contribution < 1.29 is 4.79 Å². The Morgan fingerprint density at radius 2 is 1.92 bits per heavy atom. The first-order valence-corrected chi connectivity index (χ1v) is 9.19. The van der Waals surface area contributed by atoms with Crippen LogP contribution in [0, 0.1) is 25.7 Å². The quantitative estimate of drug-likeness (QED) is 0.581. The van der Waals surface area contributed by atoms with Gasteiger partial charge >= 0.3 is 0 Å². The molecule has 0 aromatic heterocycles. The maximum atomic E-state index is 12.1. The molecule has 5 heteroatoms. The highest BCUT2D eigenvalue weighted by Gasteiger charge is 2.27. The van der Waals surface area contributed by atoms with E-state index < -0.39 is 0 Å². The van der Waals surface area contributed by atoms with Crippen LogP contribution in [0.15, 0.2) is 18.2 Å². The van der Waals surface area contributed by atoms with Gasteiger partial charge in [0.15, 0.2) is 5.11 Å². The molecule has 2 rings (SSSR count). The highest BCUT2D eigenvalue weighted by atomic mass is 32.1. The van der Waals surface area contributed by atoms with Crippen LogP contribution in [0.3, 0.4) is 0 Å². The Morgan fingerprint density at radius 3 is 2.62 bits per heavy atom. The molecule has 1 aliphatic rings. The molecule has 132 valence electrons. The SMILES string of the molecule is Cc1ccc(CC(=O)NNC(=S)N[C@H]2CCC[C@H](C)[C@@H]2C)cc1C. The van der Waals surface area contributed by atoms with Gasteiger partial charge in [0.05, 0.1) is 6.42 Å². The summed E-state index contributed by atoms with van der Waals surface area (Å²) in [6.45, 7) is 8.68. The number of hydrazine groups is 1. The van der Waals surface area contributed by atoms with Crippen molar-refractivity contribution in [2.75, 3.05) is 0 Å². The van der Waals surface area contributed by atoms with Crippen LogP contribution >= 0.6 is 12.2 Å². The van der Waals surface area contributed by atoms with E-state index in [1.54, 1.807) is 0 Å². The third-order valence-electron chi connectivity index (χ3n) is 5.27. The minimum atomic E-state index is -0.0903. The summed E-state index contributed by atoms with van der Waals surface area (Å²) in [6, 6.07) is 6.47. The van der Waals surface area contributed by atoms with Crippen LogP contribution in [-0.2, 0) is 11.2 Å². The Balaban J connectivity index is 1.76. The van der Waals surface area contributed by atoms with Crippen LogP contribution in [0.4, 0.5) is 0 Å². The summed E-state index contributed by atoms with van der Waals surface area (Å²) in [5.74, 6) is 1.20. The van der Waals surface area contributed by atoms with Gasteiger partial charge in [0.2, 0.25) is 5.91 Å². The van der Waals surface area contributed by atoms with Crippen LogP contribution in [0.1, 0.15) is 49.8 Å². The molecule has 0 bridgehead atoms. The monoisotopic (exact) mass is 347 g/mol. The van der Waals surface area contributed by atoms with Crippen molar-refractivity contribution in [3.63, 3.8) is 0 Å². The summed E-state index contributed by atoms with van der Waals surface area (Å²) >= 11 is 5.31. The van der Waals surface area contributed by atoms with E-state index in [0.717, 1.165) is 12.0 Å². The summed E-state index contributed by atoms with van der Waals surface area (Å²) in [5, 5.41) is 3.84. The molecule has 3 N–H and O–H groups in total. The Morgan fingerprint density at radius 1 is 1.17 bits per heavy atom. The maximum absolute atomic E-state index is 12.1. The molecule has 0 spiro atoms. The van der Waals surface area contributed by atoms with Crippen LogP contribution in [-0.4, -0.2) is 17.1 Å². The van der Waals surface area contributed by atoms with Crippen LogP contribution in [0.5, 0.6) is 0 Å². The second kappa shape index (κ2) is 8.47. The van der Waals surface area contributed by atoms with Crippen molar-refractivity contribution >= 4 is 23.2 Å². The minimum Gasteiger partial charge on any atom is -0.358 e. The van der Waals surface area contributed by atoms with Gasteiger partial charge in [-0.3, -0.25) is 15.6 Å². The number of carbonyl (C=O) groups excluding carboxylic acids is 1. The fourth-order valence-electron chi connectivity index (χ4n) is 3.26. The molecule has 24 heavy (non-hydrogen) atoms. The highest BCUT2D eigenvalue weighted by molar-refractivity contribution is 7.80. The molecule has 1 amide bonds. The molecule has 1 aromatic rings. The number of rotatable bonds is 3. The first-order chi connectivity index (χ1) is 11.4. The molecule has 0 heterocycles. The van der Waals surface area contributed by atoms with Crippen molar-refractivity contribution in [3.05, 3.63) is 34.9 Å².